The van der Waals surface area contributed by atoms with Crippen LogP contribution in [0.25, 0.3) is 0 Å². The van der Waals surface area contributed by atoms with Crippen LogP contribution in [0.4, 0.5) is 17.6 Å². The van der Waals surface area contributed by atoms with Gasteiger partial charge >= 0.3 is 6.18 Å². The van der Waals surface area contributed by atoms with Crippen molar-refractivity contribution in [2.75, 3.05) is 0 Å². The van der Waals surface area contributed by atoms with Crippen LogP contribution in [0.2, 0.25) is 0 Å². The van der Waals surface area contributed by atoms with Gasteiger partial charge in [0.25, 0.3) is 0 Å². The summed E-state index contributed by atoms with van der Waals surface area (Å²) in [6.45, 7) is 0. The van der Waals surface area contributed by atoms with E-state index in [2.05, 4.69) is 15.9 Å². The molecule has 0 saturated carbocycles. The predicted octanol–water partition coefficient (Wildman–Crippen LogP) is 3.42. The van der Waals surface area contributed by atoms with Crippen molar-refractivity contribution < 1.29 is 22.4 Å². The van der Waals surface area contributed by atoms with Crippen molar-refractivity contribution in [3.63, 3.8) is 0 Å². The molecule has 0 aliphatic heterocycles. The summed E-state index contributed by atoms with van der Waals surface area (Å²) >= 11 is 2.61. The molecule has 0 radical (unpaired) electrons. The topological polar surface area (TPSA) is 17.1 Å². The molecule has 0 aliphatic rings. The first-order valence-electron chi connectivity index (χ1n) is 3.38. The summed E-state index contributed by atoms with van der Waals surface area (Å²) in [6.07, 6.45) is -4.90. The number of benzene rings is 1. The summed E-state index contributed by atoms with van der Waals surface area (Å²) in [7, 11) is 0. The third-order valence-corrected chi connectivity index (χ3v) is 2.15. The van der Waals surface area contributed by atoms with Crippen LogP contribution in [-0.2, 0) is 6.18 Å². The zero-order valence-corrected chi connectivity index (χ0v) is 8.12. The lowest BCUT2D eigenvalue weighted by Gasteiger charge is -2.10. The maximum atomic E-state index is 13.0. The largest absolute Gasteiger partial charge is 0.419 e. The minimum Gasteiger partial charge on any atom is -0.298 e. The molecule has 76 valence electrons. The second-order valence-corrected chi connectivity index (χ2v) is 3.30. The molecule has 0 N–H and O–H groups in total. The van der Waals surface area contributed by atoms with Gasteiger partial charge in [0.2, 0.25) is 0 Å². The maximum Gasteiger partial charge on any atom is 0.419 e. The van der Waals surface area contributed by atoms with E-state index in [0.717, 1.165) is 12.1 Å². The van der Waals surface area contributed by atoms with Crippen molar-refractivity contribution in [3.8, 4) is 0 Å². The van der Waals surface area contributed by atoms with Crippen molar-refractivity contribution in [1.29, 1.82) is 0 Å². The Morgan fingerprint density at radius 3 is 2.29 bits per heavy atom. The van der Waals surface area contributed by atoms with Crippen LogP contribution in [0, 0.1) is 5.82 Å². The summed E-state index contributed by atoms with van der Waals surface area (Å²) in [5, 5.41) is 0. The SMILES string of the molecule is O=Cc1ccc(Br)c(F)c1C(F)(F)F. The van der Waals surface area contributed by atoms with Crippen LogP contribution in [0.1, 0.15) is 15.9 Å². The molecule has 1 nitrogen and oxygen atoms in total. The third kappa shape index (κ3) is 1.95. The van der Waals surface area contributed by atoms with Gasteiger partial charge in [-0.05, 0) is 28.1 Å². The fraction of sp³-hybridized carbons (Fsp3) is 0.125. The van der Waals surface area contributed by atoms with E-state index in [-0.39, 0.29) is 10.8 Å². The highest BCUT2D eigenvalue weighted by atomic mass is 79.9. The molecule has 14 heavy (non-hydrogen) atoms. The second kappa shape index (κ2) is 3.68. The summed E-state index contributed by atoms with van der Waals surface area (Å²) in [5.74, 6) is -1.47. The highest BCUT2D eigenvalue weighted by molar-refractivity contribution is 9.10. The summed E-state index contributed by atoms with van der Waals surface area (Å²) in [6, 6.07) is 1.96. The molecule has 0 aliphatic carbocycles. The Hall–Kier alpha value is -0.910. The lowest BCUT2D eigenvalue weighted by molar-refractivity contribution is -0.140. The van der Waals surface area contributed by atoms with Gasteiger partial charge in [0.15, 0.2) is 6.29 Å². The van der Waals surface area contributed by atoms with E-state index in [1.165, 1.54) is 0 Å². The van der Waals surface area contributed by atoms with E-state index in [0.29, 0.717) is 0 Å². The highest BCUT2D eigenvalue weighted by Gasteiger charge is 2.37. The Balaban J connectivity index is 3.51. The van der Waals surface area contributed by atoms with Gasteiger partial charge in [-0.15, -0.1) is 0 Å². The molecule has 0 unspecified atom stereocenters. The van der Waals surface area contributed by atoms with Crippen LogP contribution < -0.4 is 0 Å². The average Bonchev–Trinajstić information content (AvgIpc) is 2.07. The van der Waals surface area contributed by atoms with Crippen molar-refractivity contribution in [2.24, 2.45) is 0 Å². The first kappa shape index (κ1) is 11.2. The van der Waals surface area contributed by atoms with Crippen molar-refractivity contribution >= 4 is 22.2 Å². The zero-order chi connectivity index (χ0) is 10.9. The molecule has 1 rings (SSSR count). The van der Waals surface area contributed by atoms with Crippen molar-refractivity contribution in [1.82, 2.24) is 0 Å². The number of carbonyl (C=O) groups excluding carboxylic acids is 1. The fourth-order valence-corrected chi connectivity index (χ4v) is 1.28. The molecule has 6 heteroatoms. The standard InChI is InChI=1S/C8H3BrF4O/c9-5-2-1-4(3-14)6(7(5)10)8(11,12)13/h1-3H. The van der Waals surface area contributed by atoms with Gasteiger partial charge in [-0.1, -0.05) is 0 Å². The van der Waals surface area contributed by atoms with E-state index < -0.39 is 23.1 Å². The van der Waals surface area contributed by atoms with E-state index in [1.54, 1.807) is 0 Å². The van der Waals surface area contributed by atoms with E-state index in [9.17, 15) is 22.4 Å². The molecular weight excluding hydrogens is 268 g/mol. The molecule has 0 fully saturated rings. The molecule has 0 saturated heterocycles. The maximum absolute atomic E-state index is 13.0. The van der Waals surface area contributed by atoms with Gasteiger partial charge in [-0.2, -0.15) is 13.2 Å². The van der Waals surface area contributed by atoms with Gasteiger partial charge in [0.05, 0.1) is 4.47 Å². The van der Waals surface area contributed by atoms with Gasteiger partial charge in [-0.3, -0.25) is 4.79 Å². The third-order valence-electron chi connectivity index (χ3n) is 1.54. The van der Waals surface area contributed by atoms with Gasteiger partial charge < -0.3 is 0 Å². The highest BCUT2D eigenvalue weighted by Crippen LogP contribution is 2.36. The van der Waals surface area contributed by atoms with E-state index >= 15 is 0 Å². The summed E-state index contributed by atoms with van der Waals surface area (Å²) in [5.41, 5.74) is -2.25. The normalized spacial score (nSPS) is 11.5. The Morgan fingerprint density at radius 1 is 1.29 bits per heavy atom. The quantitative estimate of drug-likeness (QED) is 0.565. The van der Waals surface area contributed by atoms with Crippen LogP contribution in [0.5, 0.6) is 0 Å². The van der Waals surface area contributed by atoms with Crippen molar-refractivity contribution in [3.05, 3.63) is 33.5 Å². The number of hydrogen-bond acceptors (Lipinski definition) is 1. The summed E-state index contributed by atoms with van der Waals surface area (Å²) < 4.78 is 49.5. The number of halogens is 5. The van der Waals surface area contributed by atoms with Gasteiger partial charge in [0.1, 0.15) is 11.4 Å². The van der Waals surface area contributed by atoms with Crippen LogP contribution in [-0.4, -0.2) is 6.29 Å². The summed E-state index contributed by atoms with van der Waals surface area (Å²) in [4.78, 5) is 10.3. The number of rotatable bonds is 1. The minimum absolute atomic E-state index is 0.0294. The molecule has 1 aromatic rings. The lowest BCUT2D eigenvalue weighted by Crippen LogP contribution is -2.12. The first-order chi connectivity index (χ1) is 6.38. The van der Waals surface area contributed by atoms with Gasteiger partial charge in [-0.25, -0.2) is 4.39 Å². The van der Waals surface area contributed by atoms with E-state index in [1.807, 2.05) is 0 Å². The Kier molecular flexibility index (Phi) is 2.94. The number of alkyl halides is 3. The molecular formula is C8H3BrF4O. The van der Waals surface area contributed by atoms with E-state index in [4.69, 9.17) is 0 Å². The van der Waals surface area contributed by atoms with Crippen LogP contribution >= 0.6 is 15.9 Å². The van der Waals surface area contributed by atoms with Crippen LogP contribution in [0.3, 0.4) is 0 Å². The smallest absolute Gasteiger partial charge is 0.298 e. The average molecular weight is 271 g/mol. The monoisotopic (exact) mass is 270 g/mol. The van der Waals surface area contributed by atoms with Crippen LogP contribution in [0.15, 0.2) is 16.6 Å². The minimum atomic E-state index is -4.87. The molecule has 0 heterocycles. The number of carbonyl (C=O) groups is 1. The Morgan fingerprint density at radius 2 is 1.86 bits per heavy atom. The second-order valence-electron chi connectivity index (χ2n) is 2.44. The lowest BCUT2D eigenvalue weighted by atomic mass is 10.1. The molecule has 0 amide bonds. The molecule has 0 bridgehead atoms. The molecule has 0 atom stereocenters. The first-order valence-corrected chi connectivity index (χ1v) is 4.17. The molecule has 1 aromatic carbocycles. The van der Waals surface area contributed by atoms with Crippen molar-refractivity contribution in [2.45, 2.75) is 6.18 Å². The Labute approximate surface area is 84.9 Å². The number of hydrogen-bond donors (Lipinski definition) is 0. The number of aldehydes is 1. The molecule has 0 spiro atoms. The fourth-order valence-electron chi connectivity index (χ4n) is 0.952. The molecule has 0 aromatic heterocycles. The zero-order valence-electron chi connectivity index (χ0n) is 6.53. The predicted molar refractivity (Wildman–Crippen MR) is 44.5 cm³/mol. The van der Waals surface area contributed by atoms with Gasteiger partial charge in [0, 0.05) is 5.56 Å². The Bertz CT molecular complexity index is 372.